The summed E-state index contributed by atoms with van der Waals surface area (Å²) in [6.45, 7) is 4.33. The topological polar surface area (TPSA) is 51.8 Å². The quantitative estimate of drug-likeness (QED) is 0.763. The van der Waals surface area contributed by atoms with Gasteiger partial charge in [-0.05, 0) is 24.1 Å². The molecule has 3 nitrogen and oxygen atoms in total. The van der Waals surface area contributed by atoms with Crippen LogP contribution in [0.3, 0.4) is 0 Å². The van der Waals surface area contributed by atoms with Gasteiger partial charge in [-0.2, -0.15) is 0 Å². The predicted octanol–water partition coefficient (Wildman–Crippen LogP) is 4.06. The first kappa shape index (κ1) is 12.1. The maximum Gasteiger partial charge on any atom is 0.180 e. The van der Waals surface area contributed by atoms with E-state index in [0.29, 0.717) is 11.0 Å². The van der Waals surface area contributed by atoms with Crippen molar-refractivity contribution in [1.29, 1.82) is 0 Å². The van der Waals surface area contributed by atoms with Crippen molar-refractivity contribution in [2.45, 2.75) is 19.8 Å². The molecule has 2 aromatic heterocycles. The highest BCUT2D eigenvalue weighted by Gasteiger charge is 2.14. The molecule has 0 radical (unpaired) electrons. The third kappa shape index (κ3) is 2.19. The van der Waals surface area contributed by atoms with E-state index in [1.807, 2.05) is 18.3 Å². The Morgan fingerprint density at radius 2 is 2.05 bits per heavy atom. The molecule has 3 rings (SSSR count). The zero-order chi connectivity index (χ0) is 13.4. The number of benzene rings is 1. The Kier molecular flexibility index (Phi) is 2.95. The Bertz CT molecular complexity index is 731. The molecule has 3 aromatic rings. The van der Waals surface area contributed by atoms with Crippen molar-refractivity contribution in [2.75, 3.05) is 5.73 Å². The van der Waals surface area contributed by atoms with E-state index in [0.717, 1.165) is 22.2 Å². The first-order chi connectivity index (χ1) is 9.15. The van der Waals surface area contributed by atoms with Crippen LogP contribution in [0.4, 0.5) is 5.13 Å². The number of pyridine rings is 1. The molecule has 0 atom stereocenters. The third-order valence-electron chi connectivity index (χ3n) is 3.07. The number of nitrogens with two attached hydrogens (primary N) is 1. The number of fused-ring (bicyclic) bond motifs is 1. The minimum Gasteiger partial charge on any atom is -0.375 e. The van der Waals surface area contributed by atoms with Crippen LogP contribution in [0.25, 0.3) is 22.2 Å². The van der Waals surface area contributed by atoms with E-state index in [2.05, 4.69) is 42.0 Å². The number of rotatable bonds is 2. The second-order valence-electron chi connectivity index (χ2n) is 4.83. The van der Waals surface area contributed by atoms with Crippen LogP contribution in [-0.2, 0) is 0 Å². The summed E-state index contributed by atoms with van der Waals surface area (Å²) < 4.78 is 0. The summed E-state index contributed by atoms with van der Waals surface area (Å²) >= 11 is 1.57. The van der Waals surface area contributed by atoms with Crippen molar-refractivity contribution in [2.24, 2.45) is 0 Å². The molecule has 0 saturated carbocycles. The van der Waals surface area contributed by atoms with Crippen LogP contribution < -0.4 is 5.73 Å². The van der Waals surface area contributed by atoms with Crippen LogP contribution in [0.15, 0.2) is 36.5 Å². The van der Waals surface area contributed by atoms with E-state index in [4.69, 9.17) is 5.73 Å². The molecule has 0 spiro atoms. The fourth-order valence-electron chi connectivity index (χ4n) is 2.17. The van der Waals surface area contributed by atoms with Gasteiger partial charge in [0.2, 0.25) is 0 Å². The van der Waals surface area contributed by atoms with Gasteiger partial charge in [-0.3, -0.25) is 4.98 Å². The number of nitrogen functional groups attached to an aromatic ring is 1. The van der Waals surface area contributed by atoms with E-state index in [1.54, 1.807) is 11.3 Å². The zero-order valence-electron chi connectivity index (χ0n) is 10.9. The Hall–Kier alpha value is -1.94. The smallest absolute Gasteiger partial charge is 0.180 e. The SMILES string of the molecule is CC(C)c1sc(N)nc1-c1ccc2ncccc2c1. The maximum absolute atomic E-state index is 5.86. The highest BCUT2D eigenvalue weighted by Crippen LogP contribution is 2.35. The number of nitrogens with zero attached hydrogens (tertiary/aromatic N) is 2. The van der Waals surface area contributed by atoms with Crippen LogP contribution in [0, 0.1) is 0 Å². The van der Waals surface area contributed by atoms with Crippen LogP contribution in [0.2, 0.25) is 0 Å². The predicted molar refractivity (Wildman–Crippen MR) is 81.4 cm³/mol. The molecule has 2 N–H and O–H groups in total. The normalized spacial score (nSPS) is 11.3. The van der Waals surface area contributed by atoms with Crippen molar-refractivity contribution in [3.05, 3.63) is 41.4 Å². The lowest BCUT2D eigenvalue weighted by Gasteiger charge is -2.06. The molecular formula is C15H15N3S. The molecule has 96 valence electrons. The fourth-order valence-corrected chi connectivity index (χ4v) is 3.03. The van der Waals surface area contributed by atoms with E-state index in [-0.39, 0.29) is 0 Å². The van der Waals surface area contributed by atoms with Gasteiger partial charge < -0.3 is 5.73 Å². The molecule has 4 heteroatoms. The average Bonchev–Trinajstić information content (AvgIpc) is 2.80. The van der Waals surface area contributed by atoms with Crippen LogP contribution in [0.1, 0.15) is 24.6 Å². The fraction of sp³-hybridized carbons (Fsp3) is 0.200. The van der Waals surface area contributed by atoms with Gasteiger partial charge in [0, 0.05) is 22.0 Å². The van der Waals surface area contributed by atoms with Crippen molar-refractivity contribution >= 4 is 27.4 Å². The first-order valence-electron chi connectivity index (χ1n) is 6.26. The van der Waals surface area contributed by atoms with Gasteiger partial charge in [-0.15, -0.1) is 11.3 Å². The Morgan fingerprint density at radius 1 is 1.21 bits per heavy atom. The second kappa shape index (κ2) is 4.63. The third-order valence-corrected chi connectivity index (χ3v) is 4.26. The summed E-state index contributed by atoms with van der Waals surface area (Å²) in [6.07, 6.45) is 1.81. The monoisotopic (exact) mass is 269 g/mol. The van der Waals surface area contributed by atoms with Gasteiger partial charge in [0.05, 0.1) is 11.2 Å². The van der Waals surface area contributed by atoms with Crippen molar-refractivity contribution in [1.82, 2.24) is 9.97 Å². The summed E-state index contributed by atoms with van der Waals surface area (Å²) in [6, 6.07) is 10.2. The molecule has 0 amide bonds. The molecule has 0 aliphatic heterocycles. The molecule has 0 aliphatic rings. The van der Waals surface area contributed by atoms with Gasteiger partial charge in [-0.1, -0.05) is 26.0 Å². The lowest BCUT2D eigenvalue weighted by Crippen LogP contribution is -1.89. The average molecular weight is 269 g/mol. The summed E-state index contributed by atoms with van der Waals surface area (Å²) in [4.78, 5) is 10.1. The van der Waals surface area contributed by atoms with Crippen LogP contribution in [0.5, 0.6) is 0 Å². The number of hydrogen-bond donors (Lipinski definition) is 1. The lowest BCUT2D eigenvalue weighted by atomic mass is 10.0. The highest BCUT2D eigenvalue weighted by atomic mass is 32.1. The van der Waals surface area contributed by atoms with E-state index in [1.165, 1.54) is 4.88 Å². The Morgan fingerprint density at radius 3 is 2.84 bits per heavy atom. The van der Waals surface area contributed by atoms with E-state index in [9.17, 15) is 0 Å². The van der Waals surface area contributed by atoms with Gasteiger partial charge in [0.25, 0.3) is 0 Å². The molecule has 19 heavy (non-hydrogen) atoms. The van der Waals surface area contributed by atoms with Crippen LogP contribution in [-0.4, -0.2) is 9.97 Å². The number of thiazole rings is 1. The molecule has 0 unspecified atom stereocenters. The van der Waals surface area contributed by atoms with Gasteiger partial charge in [-0.25, -0.2) is 4.98 Å². The number of aromatic nitrogens is 2. The maximum atomic E-state index is 5.86. The molecular weight excluding hydrogens is 254 g/mol. The minimum absolute atomic E-state index is 0.425. The van der Waals surface area contributed by atoms with Crippen molar-refractivity contribution in [3.8, 4) is 11.3 Å². The minimum atomic E-state index is 0.425. The lowest BCUT2D eigenvalue weighted by molar-refractivity contribution is 0.888. The van der Waals surface area contributed by atoms with Gasteiger partial charge in [0.15, 0.2) is 5.13 Å². The molecule has 0 aliphatic carbocycles. The van der Waals surface area contributed by atoms with E-state index >= 15 is 0 Å². The standard InChI is InChI=1S/C15H15N3S/c1-9(2)14-13(18-15(16)19-14)11-5-6-12-10(8-11)4-3-7-17-12/h3-9H,1-2H3,(H2,16,18). The zero-order valence-corrected chi connectivity index (χ0v) is 11.7. The Labute approximate surface area is 116 Å². The summed E-state index contributed by atoms with van der Waals surface area (Å²) in [5, 5.41) is 1.76. The molecule has 0 fully saturated rings. The number of anilines is 1. The Balaban J connectivity index is 2.18. The largest absolute Gasteiger partial charge is 0.375 e. The number of hydrogen-bond acceptors (Lipinski definition) is 4. The molecule has 1 aromatic carbocycles. The molecule has 0 bridgehead atoms. The van der Waals surface area contributed by atoms with Crippen molar-refractivity contribution in [3.63, 3.8) is 0 Å². The first-order valence-corrected chi connectivity index (χ1v) is 7.08. The second-order valence-corrected chi connectivity index (χ2v) is 5.89. The van der Waals surface area contributed by atoms with Crippen molar-refractivity contribution < 1.29 is 0 Å². The van der Waals surface area contributed by atoms with Crippen LogP contribution >= 0.6 is 11.3 Å². The van der Waals surface area contributed by atoms with E-state index < -0.39 is 0 Å². The molecule has 2 heterocycles. The molecule has 0 saturated heterocycles. The summed E-state index contributed by atoms with van der Waals surface area (Å²) in [7, 11) is 0. The highest BCUT2D eigenvalue weighted by molar-refractivity contribution is 7.15. The van der Waals surface area contributed by atoms with Gasteiger partial charge >= 0.3 is 0 Å². The summed E-state index contributed by atoms with van der Waals surface area (Å²) in [5.41, 5.74) is 8.97. The summed E-state index contributed by atoms with van der Waals surface area (Å²) in [5.74, 6) is 0.425. The van der Waals surface area contributed by atoms with Gasteiger partial charge in [0.1, 0.15) is 0 Å².